The van der Waals surface area contributed by atoms with Crippen LogP contribution < -0.4 is 34.3 Å². The minimum Gasteiger partial charge on any atom is -0.744 e. The molecule has 32 heavy (non-hydrogen) atoms. The molecule has 0 aliphatic heterocycles. The number of sulfonamides is 1. The van der Waals surface area contributed by atoms with Gasteiger partial charge in [-0.1, -0.05) is 38.1 Å². The SMILES string of the molecule is CC(C)c1ccc2c(CCCS(=O)(=O)Nc3ccc(F)cc3)cc(S(=O)(=O)[O-])c-2cc1.[Na+]. The second kappa shape index (κ2) is 10.6. The van der Waals surface area contributed by atoms with Gasteiger partial charge in [0.15, 0.2) is 0 Å². The third-order valence-electron chi connectivity index (χ3n) is 5.00. The van der Waals surface area contributed by atoms with Crippen molar-refractivity contribution in [3.63, 3.8) is 0 Å². The Morgan fingerprint density at radius 3 is 2.09 bits per heavy atom. The fraction of sp³-hybridized carbons (Fsp3) is 0.273. The monoisotopic (exact) mass is 487 g/mol. The molecule has 2 aliphatic rings. The Bertz CT molecular complexity index is 1260. The van der Waals surface area contributed by atoms with E-state index in [1.54, 1.807) is 18.2 Å². The number of hydrogen-bond acceptors (Lipinski definition) is 5. The van der Waals surface area contributed by atoms with Gasteiger partial charge in [0.25, 0.3) is 0 Å². The van der Waals surface area contributed by atoms with Crippen molar-refractivity contribution in [2.24, 2.45) is 0 Å². The summed E-state index contributed by atoms with van der Waals surface area (Å²) in [6.45, 7) is 4.01. The van der Waals surface area contributed by atoms with Gasteiger partial charge in [0.2, 0.25) is 10.0 Å². The Kier molecular flexibility index (Phi) is 8.89. The van der Waals surface area contributed by atoms with E-state index in [1.165, 1.54) is 18.2 Å². The standard InChI is InChI=1S/C22H24FNO5S2.Na/c1-15(2)16-5-11-20-17(14-22(31(27,28)29)21(20)12-6-16)4-3-13-30(25,26)24-19-9-7-18(23)8-10-19;/h5-12,14-15,24H,3-4,13H2,1-2H3,(H,27,28,29);/q;+1/p-1. The van der Waals surface area contributed by atoms with Crippen molar-refractivity contribution in [1.29, 1.82) is 0 Å². The number of nitrogens with one attached hydrogen (secondary N) is 1. The van der Waals surface area contributed by atoms with Crippen molar-refractivity contribution in [2.45, 2.75) is 37.5 Å². The molecule has 166 valence electrons. The molecule has 1 N–H and O–H groups in total. The Morgan fingerprint density at radius 1 is 0.938 bits per heavy atom. The number of fused-ring (bicyclic) bond motifs is 1. The number of halogens is 1. The molecule has 0 saturated carbocycles. The predicted molar refractivity (Wildman–Crippen MR) is 117 cm³/mol. The summed E-state index contributed by atoms with van der Waals surface area (Å²) in [5.41, 5.74) is 2.80. The van der Waals surface area contributed by atoms with E-state index >= 15 is 0 Å². The first kappa shape index (κ1) is 26.8. The van der Waals surface area contributed by atoms with Crippen LogP contribution in [-0.2, 0) is 26.6 Å². The number of hydrogen-bond donors (Lipinski definition) is 1. The van der Waals surface area contributed by atoms with Gasteiger partial charge in [0.1, 0.15) is 15.9 Å². The molecular formula is C22H23FNNaO5S2. The summed E-state index contributed by atoms with van der Waals surface area (Å²) in [5.74, 6) is -0.467. The van der Waals surface area contributed by atoms with Crippen LogP contribution in [0.25, 0.3) is 11.1 Å². The van der Waals surface area contributed by atoms with Gasteiger partial charge < -0.3 is 4.55 Å². The molecule has 0 fully saturated rings. The Morgan fingerprint density at radius 2 is 1.53 bits per heavy atom. The molecule has 0 bridgehead atoms. The largest absolute Gasteiger partial charge is 1.00 e. The van der Waals surface area contributed by atoms with Crippen molar-refractivity contribution in [3.05, 3.63) is 71.5 Å². The average Bonchev–Trinajstić information content (AvgIpc) is 2.87. The van der Waals surface area contributed by atoms with Crippen molar-refractivity contribution in [2.75, 3.05) is 10.5 Å². The van der Waals surface area contributed by atoms with Crippen LogP contribution >= 0.6 is 0 Å². The van der Waals surface area contributed by atoms with Crippen LogP contribution in [0.1, 0.15) is 37.3 Å². The molecule has 10 heteroatoms. The Hall–Kier alpha value is -1.49. The third kappa shape index (κ3) is 6.76. The van der Waals surface area contributed by atoms with Crippen molar-refractivity contribution < 1.29 is 55.3 Å². The molecule has 0 unspecified atom stereocenters. The molecule has 2 aliphatic carbocycles. The summed E-state index contributed by atoms with van der Waals surface area (Å²) in [7, 11) is -8.36. The van der Waals surface area contributed by atoms with E-state index in [0.717, 1.165) is 17.7 Å². The van der Waals surface area contributed by atoms with Gasteiger partial charge in [0.05, 0.1) is 10.6 Å². The normalized spacial score (nSPS) is 12.0. The summed E-state index contributed by atoms with van der Waals surface area (Å²) in [6.07, 6.45) is 0.487. The van der Waals surface area contributed by atoms with Crippen molar-refractivity contribution in [1.82, 2.24) is 0 Å². The second-order valence-corrected chi connectivity index (χ2v) is 10.9. The number of aryl methyl sites for hydroxylation is 1. The van der Waals surface area contributed by atoms with E-state index in [2.05, 4.69) is 4.72 Å². The summed E-state index contributed by atoms with van der Waals surface area (Å²) in [5, 5.41) is 0. The van der Waals surface area contributed by atoms with Gasteiger partial charge in [-0.15, -0.1) is 0 Å². The summed E-state index contributed by atoms with van der Waals surface area (Å²) in [6, 6.07) is 13.4. The average molecular weight is 488 g/mol. The molecule has 0 heterocycles. The van der Waals surface area contributed by atoms with Gasteiger partial charge in [-0.25, -0.2) is 21.2 Å². The maximum absolute atomic E-state index is 13.0. The zero-order chi connectivity index (χ0) is 22.8. The Balaban J connectivity index is 0.00000363. The number of rotatable bonds is 8. The summed E-state index contributed by atoms with van der Waals surface area (Å²) >= 11 is 0. The van der Waals surface area contributed by atoms with Gasteiger partial charge in [-0.3, -0.25) is 4.72 Å². The zero-order valence-corrected chi connectivity index (χ0v) is 21.8. The van der Waals surface area contributed by atoms with Gasteiger partial charge in [0, 0.05) is 5.69 Å². The van der Waals surface area contributed by atoms with Crippen LogP contribution in [0.15, 0.2) is 59.5 Å². The summed E-state index contributed by atoms with van der Waals surface area (Å²) in [4.78, 5) is -0.296. The van der Waals surface area contributed by atoms with Crippen LogP contribution in [0.4, 0.5) is 10.1 Å². The Labute approximate surface area is 210 Å². The molecular weight excluding hydrogens is 464 g/mol. The van der Waals surface area contributed by atoms with Crippen LogP contribution in [0, 0.1) is 5.82 Å². The van der Waals surface area contributed by atoms with E-state index in [4.69, 9.17) is 0 Å². The molecule has 0 saturated heterocycles. The van der Waals surface area contributed by atoms with Crippen LogP contribution in [0.5, 0.6) is 0 Å². The summed E-state index contributed by atoms with van der Waals surface area (Å²) < 4.78 is 75.3. The van der Waals surface area contributed by atoms with Gasteiger partial charge in [-0.05, 0) is 71.3 Å². The molecule has 1 aromatic rings. The molecule has 0 aromatic heterocycles. The van der Waals surface area contributed by atoms with Crippen LogP contribution in [-0.4, -0.2) is 27.1 Å². The van der Waals surface area contributed by atoms with Gasteiger partial charge >= 0.3 is 29.6 Å². The third-order valence-corrected chi connectivity index (χ3v) is 7.25. The van der Waals surface area contributed by atoms with Crippen LogP contribution in [0.3, 0.4) is 0 Å². The first-order chi connectivity index (χ1) is 14.5. The van der Waals surface area contributed by atoms with Crippen molar-refractivity contribution in [3.8, 4) is 11.1 Å². The maximum atomic E-state index is 13.0. The number of anilines is 1. The fourth-order valence-corrected chi connectivity index (χ4v) is 5.26. The van der Waals surface area contributed by atoms with E-state index in [9.17, 15) is 25.8 Å². The zero-order valence-electron chi connectivity index (χ0n) is 18.1. The maximum Gasteiger partial charge on any atom is 1.00 e. The molecule has 0 atom stereocenters. The first-order valence-electron chi connectivity index (χ1n) is 9.74. The second-order valence-electron chi connectivity index (χ2n) is 7.67. The van der Waals surface area contributed by atoms with Crippen molar-refractivity contribution >= 4 is 25.8 Å². The molecule has 0 amide bonds. The van der Waals surface area contributed by atoms with Crippen LogP contribution in [0.2, 0.25) is 0 Å². The van der Waals surface area contributed by atoms with Gasteiger partial charge in [-0.2, -0.15) is 0 Å². The molecule has 6 nitrogen and oxygen atoms in total. The minimum absolute atomic E-state index is 0. The fourth-order valence-electron chi connectivity index (χ4n) is 3.40. The first-order valence-corrected chi connectivity index (χ1v) is 12.8. The van der Waals surface area contributed by atoms with E-state index < -0.39 is 26.0 Å². The molecule has 1 aromatic carbocycles. The van der Waals surface area contributed by atoms with E-state index in [1.807, 2.05) is 19.9 Å². The molecule has 0 radical (unpaired) electrons. The van der Waals surface area contributed by atoms with E-state index in [-0.39, 0.29) is 64.7 Å². The molecule has 3 rings (SSSR count). The smallest absolute Gasteiger partial charge is 0.744 e. The number of benzene rings is 1. The van der Waals surface area contributed by atoms with E-state index in [0.29, 0.717) is 16.7 Å². The topological polar surface area (TPSA) is 103 Å². The predicted octanol–water partition coefficient (Wildman–Crippen LogP) is 1.34. The minimum atomic E-state index is -4.68. The quantitative estimate of drug-likeness (QED) is 0.382. The molecule has 0 spiro atoms.